The smallest absolute Gasteiger partial charge is 0.176 e. The molecule has 1 N–H and O–H groups in total. The molecule has 4 aromatic rings. The van der Waals surface area contributed by atoms with Gasteiger partial charge in [-0.05, 0) is 26.3 Å². The number of aromatic nitrogens is 4. The second-order valence-electron chi connectivity index (χ2n) is 6.88. The molecule has 0 fully saturated rings. The van der Waals surface area contributed by atoms with E-state index in [9.17, 15) is 0 Å². The largest absolute Gasteiger partial charge is 0.265 e. The molecule has 0 radical (unpaired) electrons. The van der Waals surface area contributed by atoms with Crippen molar-refractivity contribution in [2.45, 2.75) is 27.3 Å². The molecule has 0 amide bonds. The van der Waals surface area contributed by atoms with Crippen LogP contribution in [0.2, 0.25) is 0 Å². The van der Waals surface area contributed by atoms with E-state index in [4.69, 9.17) is 0 Å². The molecular weight excluding hydrogens is 348 g/mol. The van der Waals surface area contributed by atoms with Gasteiger partial charge in [-0.1, -0.05) is 54.1 Å². The van der Waals surface area contributed by atoms with Crippen LogP contribution in [0.4, 0.5) is 5.82 Å². The molecular formula is C22H22N6. The van der Waals surface area contributed by atoms with Crippen LogP contribution in [-0.2, 0) is 6.54 Å². The topological polar surface area (TPSA) is 68.0 Å². The molecule has 6 nitrogen and oxygen atoms in total. The van der Waals surface area contributed by atoms with E-state index in [0.717, 1.165) is 34.3 Å². The van der Waals surface area contributed by atoms with Crippen molar-refractivity contribution in [3.05, 3.63) is 82.8 Å². The van der Waals surface area contributed by atoms with Gasteiger partial charge in [-0.3, -0.25) is 10.1 Å². The normalized spacial score (nSPS) is 11.4. The summed E-state index contributed by atoms with van der Waals surface area (Å²) in [4.78, 5) is 0. The van der Waals surface area contributed by atoms with Gasteiger partial charge in [0.25, 0.3) is 0 Å². The molecule has 0 aliphatic rings. The van der Waals surface area contributed by atoms with Crippen LogP contribution in [0, 0.1) is 20.8 Å². The highest BCUT2D eigenvalue weighted by atomic mass is 15.3. The lowest BCUT2D eigenvalue weighted by molar-refractivity contribution is 0.659. The maximum Gasteiger partial charge on any atom is 0.176 e. The molecule has 28 heavy (non-hydrogen) atoms. The first-order valence-electron chi connectivity index (χ1n) is 9.21. The standard InChI is InChI=1S/C22H22N6/c1-15-8-10-18(11-9-15)14-28-17(3)21(16(2)27-28)13-24-26-22-20-7-5-4-6-19(20)12-23-25-22/h4-13H,14H2,1-3H3,(H,25,26)/b24-13-. The van der Waals surface area contributed by atoms with Crippen LogP contribution in [0.25, 0.3) is 10.8 Å². The Morgan fingerprint density at radius 1 is 1.04 bits per heavy atom. The van der Waals surface area contributed by atoms with Gasteiger partial charge >= 0.3 is 0 Å². The van der Waals surface area contributed by atoms with E-state index < -0.39 is 0 Å². The lowest BCUT2D eigenvalue weighted by atomic mass is 10.1. The number of rotatable bonds is 5. The van der Waals surface area contributed by atoms with Crippen LogP contribution in [0.15, 0.2) is 59.8 Å². The zero-order chi connectivity index (χ0) is 19.5. The summed E-state index contributed by atoms with van der Waals surface area (Å²) in [6.45, 7) is 6.89. The summed E-state index contributed by atoms with van der Waals surface area (Å²) < 4.78 is 2.01. The number of nitrogens with one attached hydrogen (secondary N) is 1. The van der Waals surface area contributed by atoms with Crippen molar-refractivity contribution in [1.29, 1.82) is 0 Å². The minimum atomic E-state index is 0.636. The average molecular weight is 370 g/mol. The molecule has 0 unspecified atom stereocenters. The second-order valence-corrected chi connectivity index (χ2v) is 6.88. The Balaban J connectivity index is 1.54. The Kier molecular flexibility index (Phi) is 4.85. The van der Waals surface area contributed by atoms with Gasteiger partial charge in [0.1, 0.15) is 0 Å². The van der Waals surface area contributed by atoms with Crippen LogP contribution in [0.5, 0.6) is 0 Å². The number of anilines is 1. The summed E-state index contributed by atoms with van der Waals surface area (Å²) in [5, 5.41) is 19.2. The SMILES string of the molecule is Cc1ccc(Cn2nc(C)c(/C=N\Nc3nncc4ccccc34)c2C)cc1. The van der Waals surface area contributed by atoms with Crippen molar-refractivity contribution in [2.75, 3.05) is 5.43 Å². The summed E-state index contributed by atoms with van der Waals surface area (Å²) >= 11 is 0. The van der Waals surface area contributed by atoms with Gasteiger partial charge in [-0.15, -0.1) is 5.10 Å². The van der Waals surface area contributed by atoms with E-state index in [-0.39, 0.29) is 0 Å². The van der Waals surface area contributed by atoms with E-state index in [1.807, 2.05) is 35.9 Å². The van der Waals surface area contributed by atoms with Gasteiger partial charge in [0.05, 0.1) is 24.7 Å². The number of aryl methyl sites for hydroxylation is 2. The third kappa shape index (κ3) is 3.62. The Labute approximate surface area is 163 Å². The number of hydrogen-bond donors (Lipinski definition) is 1. The van der Waals surface area contributed by atoms with Crippen molar-refractivity contribution in [2.24, 2.45) is 5.10 Å². The highest BCUT2D eigenvalue weighted by Crippen LogP contribution is 2.19. The molecule has 2 aromatic heterocycles. The van der Waals surface area contributed by atoms with E-state index in [1.165, 1.54) is 11.1 Å². The molecule has 0 aliphatic heterocycles. The molecule has 0 atom stereocenters. The molecule has 0 saturated heterocycles. The Hall–Kier alpha value is -3.54. The van der Waals surface area contributed by atoms with Crippen molar-refractivity contribution >= 4 is 22.8 Å². The Bertz CT molecular complexity index is 1140. The van der Waals surface area contributed by atoms with E-state index in [1.54, 1.807) is 12.4 Å². The van der Waals surface area contributed by atoms with Gasteiger partial charge < -0.3 is 0 Å². The zero-order valence-electron chi connectivity index (χ0n) is 16.2. The Morgan fingerprint density at radius 3 is 2.64 bits per heavy atom. The third-order valence-corrected chi connectivity index (χ3v) is 4.82. The van der Waals surface area contributed by atoms with Gasteiger partial charge in [-0.2, -0.15) is 15.3 Å². The predicted octanol–water partition coefficient (Wildman–Crippen LogP) is 4.25. The number of hydrazone groups is 1. The number of hydrogen-bond acceptors (Lipinski definition) is 5. The first-order chi connectivity index (χ1) is 13.6. The van der Waals surface area contributed by atoms with Crippen LogP contribution < -0.4 is 5.43 Å². The third-order valence-electron chi connectivity index (χ3n) is 4.82. The van der Waals surface area contributed by atoms with Crippen LogP contribution in [0.3, 0.4) is 0 Å². The van der Waals surface area contributed by atoms with E-state index in [2.05, 4.69) is 63.9 Å². The fourth-order valence-corrected chi connectivity index (χ4v) is 3.19. The molecule has 0 bridgehead atoms. The molecule has 0 aliphatic carbocycles. The lowest BCUT2D eigenvalue weighted by Crippen LogP contribution is -2.04. The minimum Gasteiger partial charge on any atom is -0.265 e. The maximum absolute atomic E-state index is 4.67. The summed E-state index contributed by atoms with van der Waals surface area (Å²) in [6, 6.07) is 16.5. The predicted molar refractivity (Wildman–Crippen MR) is 113 cm³/mol. The molecule has 2 heterocycles. The van der Waals surface area contributed by atoms with Gasteiger partial charge in [0.15, 0.2) is 5.82 Å². The highest BCUT2D eigenvalue weighted by molar-refractivity contribution is 5.91. The Morgan fingerprint density at radius 2 is 1.82 bits per heavy atom. The van der Waals surface area contributed by atoms with Crippen molar-refractivity contribution in [3.63, 3.8) is 0 Å². The summed E-state index contributed by atoms with van der Waals surface area (Å²) in [5.74, 6) is 0.636. The summed E-state index contributed by atoms with van der Waals surface area (Å²) in [6.07, 6.45) is 3.54. The number of fused-ring (bicyclic) bond motifs is 1. The lowest BCUT2D eigenvalue weighted by Gasteiger charge is -2.05. The first kappa shape index (κ1) is 17.9. The monoisotopic (exact) mass is 370 g/mol. The molecule has 0 saturated carbocycles. The van der Waals surface area contributed by atoms with Crippen LogP contribution in [-0.4, -0.2) is 26.2 Å². The molecule has 140 valence electrons. The maximum atomic E-state index is 4.67. The molecule has 0 spiro atoms. The van der Waals surface area contributed by atoms with Crippen molar-refractivity contribution in [1.82, 2.24) is 20.0 Å². The van der Waals surface area contributed by atoms with E-state index >= 15 is 0 Å². The quantitative estimate of drug-likeness (QED) is 0.421. The van der Waals surface area contributed by atoms with Crippen LogP contribution >= 0.6 is 0 Å². The second kappa shape index (κ2) is 7.60. The molecule has 6 heteroatoms. The summed E-state index contributed by atoms with van der Waals surface area (Å²) in [5.41, 5.74) is 8.52. The minimum absolute atomic E-state index is 0.636. The summed E-state index contributed by atoms with van der Waals surface area (Å²) in [7, 11) is 0. The highest BCUT2D eigenvalue weighted by Gasteiger charge is 2.10. The van der Waals surface area contributed by atoms with Crippen molar-refractivity contribution < 1.29 is 0 Å². The fraction of sp³-hybridized carbons (Fsp3) is 0.182. The fourth-order valence-electron chi connectivity index (χ4n) is 3.19. The van der Waals surface area contributed by atoms with E-state index in [0.29, 0.717) is 5.82 Å². The number of benzene rings is 2. The van der Waals surface area contributed by atoms with Gasteiger partial charge in [0, 0.05) is 22.0 Å². The average Bonchev–Trinajstić information content (AvgIpc) is 2.97. The molecule has 4 rings (SSSR count). The molecule has 2 aromatic carbocycles. The number of nitrogens with zero attached hydrogens (tertiary/aromatic N) is 5. The van der Waals surface area contributed by atoms with Gasteiger partial charge in [0.2, 0.25) is 0 Å². The van der Waals surface area contributed by atoms with Gasteiger partial charge in [-0.25, -0.2) is 0 Å². The van der Waals surface area contributed by atoms with Crippen molar-refractivity contribution in [3.8, 4) is 0 Å². The zero-order valence-corrected chi connectivity index (χ0v) is 16.2. The van der Waals surface area contributed by atoms with Crippen LogP contribution in [0.1, 0.15) is 28.1 Å². The first-order valence-corrected chi connectivity index (χ1v) is 9.21.